The zero-order chi connectivity index (χ0) is 19.3. The average Bonchev–Trinajstić information content (AvgIpc) is 2.56. The van der Waals surface area contributed by atoms with E-state index < -0.39 is 19.4 Å². The molecule has 0 amide bonds. The molecule has 2 aromatic rings. The fourth-order valence-electron chi connectivity index (χ4n) is 5.26. The first-order valence-corrected chi connectivity index (χ1v) is 12.6. The van der Waals surface area contributed by atoms with E-state index >= 15 is 0 Å². The van der Waals surface area contributed by atoms with Crippen LogP contribution in [0.3, 0.4) is 0 Å². The summed E-state index contributed by atoms with van der Waals surface area (Å²) in [5, 5.41) is 2.54. The molecule has 0 heterocycles. The Morgan fingerprint density at radius 2 is 1.41 bits per heavy atom. The lowest BCUT2D eigenvalue weighted by molar-refractivity contribution is -0.112. The molecule has 2 aromatic carbocycles. The van der Waals surface area contributed by atoms with Gasteiger partial charge >= 0.3 is 0 Å². The van der Waals surface area contributed by atoms with Crippen molar-refractivity contribution in [2.24, 2.45) is 5.41 Å². The molecule has 2 bridgehead atoms. The van der Waals surface area contributed by atoms with Gasteiger partial charge in [0, 0.05) is 6.61 Å². The van der Waals surface area contributed by atoms with Gasteiger partial charge in [0.25, 0.3) is 8.32 Å². The zero-order valence-electron chi connectivity index (χ0n) is 16.3. The predicted molar refractivity (Wildman–Crippen MR) is 113 cm³/mol. The SMILES string of the molecule is CC(C)(C)[Si](OCC12CC(S(=O)O)(C1)C2)(c1ccccc1)c1ccccc1. The van der Waals surface area contributed by atoms with Gasteiger partial charge in [0.05, 0.1) is 4.75 Å². The van der Waals surface area contributed by atoms with Crippen molar-refractivity contribution in [3.05, 3.63) is 60.7 Å². The van der Waals surface area contributed by atoms with E-state index in [1.807, 2.05) is 0 Å². The summed E-state index contributed by atoms with van der Waals surface area (Å²) < 4.78 is 27.8. The molecule has 3 saturated carbocycles. The molecule has 1 unspecified atom stereocenters. The molecule has 0 spiro atoms. The molecule has 144 valence electrons. The first-order chi connectivity index (χ1) is 12.7. The third kappa shape index (κ3) is 2.87. The summed E-state index contributed by atoms with van der Waals surface area (Å²) in [6.07, 6.45) is 2.46. The summed E-state index contributed by atoms with van der Waals surface area (Å²) in [6.45, 7) is 7.53. The molecule has 27 heavy (non-hydrogen) atoms. The van der Waals surface area contributed by atoms with Gasteiger partial charge in [-0.1, -0.05) is 81.4 Å². The van der Waals surface area contributed by atoms with Crippen LogP contribution in [0.5, 0.6) is 0 Å². The van der Waals surface area contributed by atoms with Crippen LogP contribution >= 0.6 is 0 Å². The first-order valence-electron chi connectivity index (χ1n) is 9.59. The minimum atomic E-state index is -2.51. The lowest BCUT2D eigenvalue weighted by atomic mass is 9.44. The highest BCUT2D eigenvalue weighted by Gasteiger charge is 2.71. The van der Waals surface area contributed by atoms with Gasteiger partial charge in [0.1, 0.15) is 0 Å². The van der Waals surface area contributed by atoms with E-state index in [9.17, 15) is 8.76 Å². The second-order valence-corrected chi connectivity index (χ2v) is 15.1. The fourth-order valence-corrected chi connectivity index (χ4v) is 11.2. The van der Waals surface area contributed by atoms with Crippen molar-refractivity contribution in [1.29, 1.82) is 0 Å². The Morgan fingerprint density at radius 1 is 0.963 bits per heavy atom. The summed E-state index contributed by atoms with van der Waals surface area (Å²) in [5.41, 5.74) is 0.103. The van der Waals surface area contributed by atoms with Crippen LogP contribution in [0.1, 0.15) is 40.0 Å². The van der Waals surface area contributed by atoms with Crippen molar-refractivity contribution in [3.8, 4) is 0 Å². The highest BCUT2D eigenvalue weighted by atomic mass is 32.2. The van der Waals surface area contributed by atoms with Gasteiger partial charge in [0.2, 0.25) is 0 Å². The molecular formula is C22H28O3SSi. The monoisotopic (exact) mass is 400 g/mol. The second-order valence-electron chi connectivity index (χ2n) is 9.41. The van der Waals surface area contributed by atoms with Gasteiger partial charge in [-0.25, -0.2) is 4.21 Å². The van der Waals surface area contributed by atoms with Crippen LogP contribution in [0.25, 0.3) is 0 Å². The van der Waals surface area contributed by atoms with E-state index in [1.165, 1.54) is 10.4 Å². The number of rotatable bonds is 6. The molecule has 0 aromatic heterocycles. The molecule has 3 aliphatic carbocycles. The predicted octanol–water partition coefficient (Wildman–Crippen LogP) is 3.71. The first kappa shape index (κ1) is 19.1. The molecule has 0 saturated heterocycles. The third-order valence-corrected chi connectivity index (χ3v) is 12.6. The number of benzene rings is 2. The topological polar surface area (TPSA) is 46.5 Å². The van der Waals surface area contributed by atoms with Crippen LogP contribution < -0.4 is 10.4 Å². The number of hydrogen-bond donors (Lipinski definition) is 1. The van der Waals surface area contributed by atoms with E-state index in [0.717, 1.165) is 19.3 Å². The molecule has 3 fully saturated rings. The Kier molecular flexibility index (Phi) is 4.50. The summed E-state index contributed by atoms with van der Waals surface area (Å²) in [4.78, 5) is 0. The van der Waals surface area contributed by atoms with E-state index in [0.29, 0.717) is 6.61 Å². The Hall–Kier alpha value is -1.27. The Morgan fingerprint density at radius 3 is 1.78 bits per heavy atom. The van der Waals surface area contributed by atoms with Gasteiger partial charge in [-0.15, -0.1) is 0 Å². The van der Waals surface area contributed by atoms with Gasteiger partial charge in [-0.2, -0.15) is 0 Å². The van der Waals surface area contributed by atoms with E-state index in [-0.39, 0.29) is 15.2 Å². The summed E-state index contributed by atoms with van der Waals surface area (Å²) in [5.74, 6) is 0. The van der Waals surface area contributed by atoms with Crippen molar-refractivity contribution in [3.63, 3.8) is 0 Å². The Bertz CT molecular complexity index is 786. The second kappa shape index (κ2) is 6.38. The largest absolute Gasteiger partial charge is 0.407 e. The van der Waals surface area contributed by atoms with Gasteiger partial charge in [-0.05, 0) is 40.1 Å². The van der Waals surface area contributed by atoms with Gasteiger partial charge < -0.3 is 8.98 Å². The van der Waals surface area contributed by atoms with Gasteiger partial charge in [-0.3, -0.25) is 0 Å². The van der Waals surface area contributed by atoms with Crippen LogP contribution in [0.2, 0.25) is 5.04 Å². The standard InChI is InChI=1S/C22H28O3SSi/c1-20(2,3)27(18-10-6-4-7-11-18,19-12-8-5-9-13-19)25-17-21-14-22(15-21,16-21)26(23)24/h4-13H,14-17H2,1-3H3,(H,23,24). The van der Waals surface area contributed by atoms with E-state index in [2.05, 4.69) is 81.4 Å². The highest BCUT2D eigenvalue weighted by molar-refractivity contribution is 7.81. The maximum atomic E-state index is 11.6. The maximum absolute atomic E-state index is 11.6. The lowest BCUT2D eigenvalue weighted by Gasteiger charge is -2.69. The minimum Gasteiger partial charge on any atom is -0.407 e. The summed E-state index contributed by atoms with van der Waals surface area (Å²) >= 11 is -1.71. The molecule has 0 aliphatic heterocycles. The third-order valence-electron chi connectivity index (χ3n) is 6.47. The molecular weight excluding hydrogens is 372 g/mol. The molecule has 3 aliphatic rings. The van der Waals surface area contributed by atoms with Crippen molar-refractivity contribution in [1.82, 2.24) is 0 Å². The van der Waals surface area contributed by atoms with Crippen LogP contribution in [0, 0.1) is 5.41 Å². The van der Waals surface area contributed by atoms with Gasteiger partial charge in [0.15, 0.2) is 11.1 Å². The Labute approximate surface area is 165 Å². The molecule has 5 rings (SSSR count). The van der Waals surface area contributed by atoms with Crippen molar-refractivity contribution in [2.75, 3.05) is 6.61 Å². The normalized spacial score (nSPS) is 28.1. The molecule has 1 N–H and O–H groups in total. The summed E-state index contributed by atoms with van der Waals surface area (Å²) in [7, 11) is -2.51. The van der Waals surface area contributed by atoms with Crippen LogP contribution in [0.15, 0.2) is 60.7 Å². The van der Waals surface area contributed by atoms with Crippen LogP contribution in [-0.4, -0.2) is 28.4 Å². The lowest BCUT2D eigenvalue weighted by Crippen LogP contribution is -2.73. The quantitative estimate of drug-likeness (QED) is 0.594. The average molecular weight is 401 g/mol. The van der Waals surface area contributed by atoms with Crippen LogP contribution in [-0.2, 0) is 15.5 Å². The zero-order valence-corrected chi connectivity index (χ0v) is 18.1. The number of hydrogen-bond acceptors (Lipinski definition) is 2. The molecule has 0 radical (unpaired) electrons. The molecule has 3 nitrogen and oxygen atoms in total. The highest BCUT2D eigenvalue weighted by Crippen LogP contribution is 2.70. The van der Waals surface area contributed by atoms with Crippen LogP contribution in [0.4, 0.5) is 0 Å². The molecule has 5 heteroatoms. The van der Waals surface area contributed by atoms with Crippen molar-refractivity contribution >= 4 is 29.8 Å². The molecule has 1 atom stereocenters. The van der Waals surface area contributed by atoms with Crippen molar-refractivity contribution < 1.29 is 13.2 Å². The maximum Gasteiger partial charge on any atom is 0.261 e. The van der Waals surface area contributed by atoms with E-state index in [1.54, 1.807) is 0 Å². The summed E-state index contributed by atoms with van der Waals surface area (Å²) in [6, 6.07) is 21.3. The fraction of sp³-hybridized carbons (Fsp3) is 0.455. The van der Waals surface area contributed by atoms with Crippen molar-refractivity contribution in [2.45, 2.75) is 49.8 Å². The van der Waals surface area contributed by atoms with E-state index in [4.69, 9.17) is 4.43 Å². The Balaban J connectivity index is 1.70. The smallest absolute Gasteiger partial charge is 0.261 e. The minimum absolute atomic E-state index is 0.0310.